The SMILES string of the molecule is NCc1cc2ccccc2c(Oc2ccc(F)c(F)c2)n1. The van der Waals surface area contributed by atoms with E-state index in [1.807, 2.05) is 30.3 Å². The van der Waals surface area contributed by atoms with Gasteiger partial charge in [0.2, 0.25) is 5.88 Å². The van der Waals surface area contributed by atoms with Crippen LogP contribution in [-0.4, -0.2) is 4.98 Å². The lowest BCUT2D eigenvalue weighted by Crippen LogP contribution is -2.01. The lowest BCUT2D eigenvalue weighted by Gasteiger charge is -2.10. The van der Waals surface area contributed by atoms with E-state index in [0.29, 0.717) is 11.6 Å². The Labute approximate surface area is 120 Å². The Bertz CT molecular complexity index is 805. The van der Waals surface area contributed by atoms with Crippen molar-refractivity contribution >= 4 is 10.8 Å². The van der Waals surface area contributed by atoms with E-state index in [-0.39, 0.29) is 12.3 Å². The highest BCUT2D eigenvalue weighted by Crippen LogP contribution is 2.29. The van der Waals surface area contributed by atoms with Gasteiger partial charge in [0.25, 0.3) is 0 Å². The molecule has 0 unspecified atom stereocenters. The van der Waals surface area contributed by atoms with E-state index >= 15 is 0 Å². The molecule has 0 saturated carbocycles. The topological polar surface area (TPSA) is 48.1 Å². The third kappa shape index (κ3) is 2.68. The number of benzene rings is 2. The van der Waals surface area contributed by atoms with Crippen molar-refractivity contribution in [3.8, 4) is 11.6 Å². The summed E-state index contributed by atoms with van der Waals surface area (Å²) in [6, 6.07) is 12.7. The summed E-state index contributed by atoms with van der Waals surface area (Å²) >= 11 is 0. The number of rotatable bonds is 3. The number of pyridine rings is 1. The quantitative estimate of drug-likeness (QED) is 0.797. The molecule has 3 rings (SSSR count). The van der Waals surface area contributed by atoms with Gasteiger partial charge in [0.1, 0.15) is 5.75 Å². The van der Waals surface area contributed by atoms with E-state index < -0.39 is 11.6 Å². The number of aromatic nitrogens is 1. The van der Waals surface area contributed by atoms with Crippen LogP contribution in [0.1, 0.15) is 5.69 Å². The molecule has 0 amide bonds. The maximum Gasteiger partial charge on any atom is 0.227 e. The van der Waals surface area contributed by atoms with Gasteiger partial charge in [-0.3, -0.25) is 0 Å². The summed E-state index contributed by atoms with van der Waals surface area (Å²) in [6.45, 7) is 0.263. The second kappa shape index (κ2) is 5.46. The molecule has 0 radical (unpaired) electrons. The predicted molar refractivity (Wildman–Crippen MR) is 76.1 cm³/mol. The molecule has 21 heavy (non-hydrogen) atoms. The number of fused-ring (bicyclic) bond motifs is 1. The second-order valence-corrected chi connectivity index (χ2v) is 4.52. The van der Waals surface area contributed by atoms with Gasteiger partial charge in [-0.2, -0.15) is 0 Å². The zero-order valence-electron chi connectivity index (χ0n) is 11.0. The highest BCUT2D eigenvalue weighted by Gasteiger charge is 2.09. The molecule has 3 aromatic rings. The minimum Gasteiger partial charge on any atom is -0.438 e. The summed E-state index contributed by atoms with van der Waals surface area (Å²) in [4.78, 5) is 4.30. The van der Waals surface area contributed by atoms with Gasteiger partial charge in [0.15, 0.2) is 11.6 Å². The summed E-state index contributed by atoms with van der Waals surface area (Å²) < 4.78 is 31.8. The summed E-state index contributed by atoms with van der Waals surface area (Å²) in [6.07, 6.45) is 0. The van der Waals surface area contributed by atoms with Crippen LogP contribution >= 0.6 is 0 Å². The maximum absolute atomic E-state index is 13.2. The van der Waals surface area contributed by atoms with E-state index in [0.717, 1.165) is 22.9 Å². The third-order valence-corrected chi connectivity index (χ3v) is 3.07. The molecule has 0 fully saturated rings. The molecule has 3 nitrogen and oxygen atoms in total. The fourth-order valence-corrected chi connectivity index (χ4v) is 2.05. The average Bonchev–Trinajstić information content (AvgIpc) is 2.51. The van der Waals surface area contributed by atoms with Crippen molar-refractivity contribution < 1.29 is 13.5 Å². The van der Waals surface area contributed by atoms with Gasteiger partial charge in [-0.05, 0) is 29.7 Å². The van der Waals surface area contributed by atoms with Crippen LogP contribution in [0.5, 0.6) is 11.6 Å². The van der Waals surface area contributed by atoms with Crippen LogP contribution in [0, 0.1) is 11.6 Å². The Balaban J connectivity index is 2.08. The molecule has 106 valence electrons. The lowest BCUT2D eigenvalue weighted by molar-refractivity contribution is 0.451. The number of hydrogen-bond acceptors (Lipinski definition) is 3. The van der Waals surface area contributed by atoms with Crippen LogP contribution in [0.2, 0.25) is 0 Å². The van der Waals surface area contributed by atoms with Gasteiger partial charge in [0.05, 0.1) is 5.69 Å². The monoisotopic (exact) mass is 286 g/mol. The second-order valence-electron chi connectivity index (χ2n) is 4.52. The standard InChI is InChI=1S/C16H12F2N2O/c17-14-6-5-12(8-15(14)18)21-16-13-4-2-1-3-10(13)7-11(9-19)20-16/h1-8H,9,19H2. The highest BCUT2D eigenvalue weighted by atomic mass is 19.2. The van der Waals surface area contributed by atoms with Crippen molar-refractivity contribution in [3.05, 3.63) is 65.9 Å². The van der Waals surface area contributed by atoms with Crippen molar-refractivity contribution in [1.29, 1.82) is 0 Å². The molecule has 5 heteroatoms. The van der Waals surface area contributed by atoms with Gasteiger partial charge < -0.3 is 10.5 Å². The fourth-order valence-electron chi connectivity index (χ4n) is 2.05. The normalized spacial score (nSPS) is 10.8. The van der Waals surface area contributed by atoms with Crippen molar-refractivity contribution in [2.45, 2.75) is 6.54 Å². The lowest BCUT2D eigenvalue weighted by atomic mass is 10.1. The minimum atomic E-state index is -0.966. The molecule has 2 N–H and O–H groups in total. The summed E-state index contributed by atoms with van der Waals surface area (Å²) in [5.74, 6) is -1.39. The van der Waals surface area contributed by atoms with Crippen LogP contribution in [0.4, 0.5) is 8.78 Å². The predicted octanol–water partition coefficient (Wildman–Crippen LogP) is 3.76. The Morgan fingerprint density at radius 2 is 1.81 bits per heavy atom. The van der Waals surface area contributed by atoms with E-state index in [1.54, 1.807) is 0 Å². The summed E-state index contributed by atoms with van der Waals surface area (Å²) in [5.41, 5.74) is 6.28. The Kier molecular flexibility index (Phi) is 3.50. The van der Waals surface area contributed by atoms with E-state index in [9.17, 15) is 8.78 Å². The molecule has 2 aromatic carbocycles. The van der Waals surface area contributed by atoms with Gasteiger partial charge >= 0.3 is 0 Å². The molecule has 0 bridgehead atoms. The minimum absolute atomic E-state index is 0.181. The zero-order valence-corrected chi connectivity index (χ0v) is 11.0. The summed E-state index contributed by atoms with van der Waals surface area (Å²) in [7, 11) is 0. The fraction of sp³-hybridized carbons (Fsp3) is 0.0625. The van der Waals surface area contributed by atoms with Gasteiger partial charge in [-0.1, -0.05) is 18.2 Å². The molecular weight excluding hydrogens is 274 g/mol. The van der Waals surface area contributed by atoms with Crippen LogP contribution in [0.25, 0.3) is 10.8 Å². The number of halogens is 2. The Hall–Kier alpha value is -2.53. The largest absolute Gasteiger partial charge is 0.438 e. The van der Waals surface area contributed by atoms with Gasteiger partial charge in [-0.15, -0.1) is 0 Å². The molecular formula is C16H12F2N2O. The first-order valence-electron chi connectivity index (χ1n) is 6.39. The van der Waals surface area contributed by atoms with Crippen LogP contribution < -0.4 is 10.5 Å². The number of nitrogens with two attached hydrogens (primary N) is 1. The molecule has 0 saturated heterocycles. The molecule has 0 aliphatic carbocycles. The molecule has 0 aliphatic heterocycles. The van der Waals surface area contributed by atoms with Crippen molar-refractivity contribution in [1.82, 2.24) is 4.98 Å². The number of ether oxygens (including phenoxy) is 1. The zero-order chi connectivity index (χ0) is 14.8. The first kappa shape index (κ1) is 13.5. The number of nitrogens with zero attached hydrogens (tertiary/aromatic N) is 1. The molecule has 1 aromatic heterocycles. The van der Waals surface area contributed by atoms with Crippen molar-refractivity contribution in [3.63, 3.8) is 0 Å². The number of hydrogen-bond donors (Lipinski definition) is 1. The Morgan fingerprint density at radius 1 is 1.00 bits per heavy atom. The smallest absolute Gasteiger partial charge is 0.227 e. The average molecular weight is 286 g/mol. The van der Waals surface area contributed by atoms with E-state index in [2.05, 4.69) is 4.98 Å². The van der Waals surface area contributed by atoms with Crippen LogP contribution in [0.15, 0.2) is 48.5 Å². The van der Waals surface area contributed by atoms with E-state index in [4.69, 9.17) is 10.5 Å². The first-order chi connectivity index (χ1) is 10.2. The van der Waals surface area contributed by atoms with Crippen molar-refractivity contribution in [2.24, 2.45) is 5.73 Å². The molecule has 1 heterocycles. The summed E-state index contributed by atoms with van der Waals surface area (Å²) in [5, 5.41) is 1.70. The van der Waals surface area contributed by atoms with Gasteiger partial charge in [-0.25, -0.2) is 13.8 Å². The van der Waals surface area contributed by atoms with Gasteiger partial charge in [0, 0.05) is 18.0 Å². The third-order valence-electron chi connectivity index (χ3n) is 3.07. The van der Waals surface area contributed by atoms with Crippen molar-refractivity contribution in [2.75, 3.05) is 0 Å². The molecule has 0 spiro atoms. The van der Waals surface area contributed by atoms with E-state index in [1.165, 1.54) is 6.07 Å². The first-order valence-corrected chi connectivity index (χ1v) is 6.39. The molecule has 0 aliphatic rings. The highest BCUT2D eigenvalue weighted by molar-refractivity contribution is 5.87. The Morgan fingerprint density at radius 3 is 2.57 bits per heavy atom. The van der Waals surface area contributed by atoms with Crippen LogP contribution in [0.3, 0.4) is 0 Å². The van der Waals surface area contributed by atoms with Crippen LogP contribution in [-0.2, 0) is 6.54 Å². The molecule has 0 atom stereocenters. The maximum atomic E-state index is 13.2.